The summed E-state index contributed by atoms with van der Waals surface area (Å²) in [6.07, 6.45) is 4.14. The lowest BCUT2D eigenvalue weighted by molar-refractivity contribution is 0.234. The number of hydrogen-bond donors (Lipinski definition) is 1. The molecule has 1 rings (SSSR count). The molecule has 3 heteroatoms. The van der Waals surface area contributed by atoms with Gasteiger partial charge in [-0.05, 0) is 66.3 Å². The predicted octanol–water partition coefficient (Wildman–Crippen LogP) is 1.26. The van der Waals surface area contributed by atoms with Gasteiger partial charge in [-0.25, -0.2) is 0 Å². The van der Waals surface area contributed by atoms with Crippen molar-refractivity contribution in [3.8, 4) is 0 Å². The summed E-state index contributed by atoms with van der Waals surface area (Å²) in [6, 6.07) is 0.781. The Labute approximate surface area is 101 Å². The zero-order valence-corrected chi connectivity index (χ0v) is 11.5. The van der Waals surface area contributed by atoms with Crippen molar-refractivity contribution in [1.29, 1.82) is 0 Å². The third-order valence-electron chi connectivity index (χ3n) is 3.60. The van der Waals surface area contributed by atoms with Crippen LogP contribution in [0.1, 0.15) is 26.2 Å². The van der Waals surface area contributed by atoms with Gasteiger partial charge in [0.15, 0.2) is 0 Å². The highest BCUT2D eigenvalue weighted by atomic mass is 15.1. The second-order valence-electron chi connectivity index (χ2n) is 5.47. The Morgan fingerprint density at radius 3 is 2.38 bits per heavy atom. The first kappa shape index (κ1) is 13.9. The minimum absolute atomic E-state index is 0.781. The van der Waals surface area contributed by atoms with Crippen molar-refractivity contribution >= 4 is 0 Å². The van der Waals surface area contributed by atoms with Gasteiger partial charge in [-0.3, -0.25) is 0 Å². The summed E-state index contributed by atoms with van der Waals surface area (Å²) in [6.45, 7) is 7.00. The second-order valence-corrected chi connectivity index (χ2v) is 5.47. The van der Waals surface area contributed by atoms with Gasteiger partial charge in [-0.2, -0.15) is 0 Å². The van der Waals surface area contributed by atoms with Gasteiger partial charge in [-0.1, -0.05) is 0 Å². The first-order chi connectivity index (χ1) is 7.61. The molecule has 0 bridgehead atoms. The largest absolute Gasteiger partial charge is 0.315 e. The minimum atomic E-state index is 0.781. The van der Waals surface area contributed by atoms with Crippen molar-refractivity contribution < 1.29 is 0 Å². The standard InChI is InChI=1S/C13H29N3/c1-12(13-6-7-13)16(4)11-9-14-8-5-10-15(2)3/h12-14H,5-11H2,1-4H3. The lowest BCUT2D eigenvalue weighted by Gasteiger charge is -2.24. The first-order valence-electron chi connectivity index (χ1n) is 6.67. The lowest BCUT2D eigenvalue weighted by atomic mass is 10.2. The summed E-state index contributed by atoms with van der Waals surface area (Å²) in [5.74, 6) is 0.985. The molecule has 96 valence electrons. The topological polar surface area (TPSA) is 18.5 Å². The molecule has 1 N–H and O–H groups in total. The maximum absolute atomic E-state index is 3.52. The van der Waals surface area contributed by atoms with E-state index in [2.05, 4.69) is 43.2 Å². The molecule has 1 atom stereocenters. The lowest BCUT2D eigenvalue weighted by Crippen LogP contribution is -2.37. The van der Waals surface area contributed by atoms with E-state index in [1.807, 2.05) is 0 Å². The molecule has 0 aromatic heterocycles. The highest BCUT2D eigenvalue weighted by Gasteiger charge is 2.29. The highest BCUT2D eigenvalue weighted by molar-refractivity contribution is 4.84. The van der Waals surface area contributed by atoms with Gasteiger partial charge in [0.2, 0.25) is 0 Å². The summed E-state index contributed by atoms with van der Waals surface area (Å²) in [4.78, 5) is 4.74. The Morgan fingerprint density at radius 1 is 1.12 bits per heavy atom. The average Bonchev–Trinajstić information content (AvgIpc) is 3.05. The van der Waals surface area contributed by atoms with Crippen LogP contribution in [0, 0.1) is 5.92 Å². The Kier molecular flexibility index (Phi) is 6.32. The van der Waals surface area contributed by atoms with Crippen LogP contribution in [-0.4, -0.2) is 63.2 Å². The summed E-state index contributed by atoms with van der Waals surface area (Å²) in [5.41, 5.74) is 0. The third kappa shape index (κ3) is 5.83. The molecule has 0 spiro atoms. The minimum Gasteiger partial charge on any atom is -0.315 e. The molecule has 0 saturated heterocycles. The van der Waals surface area contributed by atoms with Crippen LogP contribution < -0.4 is 5.32 Å². The van der Waals surface area contributed by atoms with E-state index in [9.17, 15) is 0 Å². The molecule has 16 heavy (non-hydrogen) atoms. The third-order valence-corrected chi connectivity index (χ3v) is 3.60. The van der Waals surface area contributed by atoms with Gasteiger partial charge in [0.25, 0.3) is 0 Å². The van der Waals surface area contributed by atoms with Crippen molar-refractivity contribution in [3.63, 3.8) is 0 Å². The normalized spacial score (nSPS) is 18.4. The van der Waals surface area contributed by atoms with Crippen LogP contribution in [0.5, 0.6) is 0 Å². The van der Waals surface area contributed by atoms with Crippen LogP contribution in [0.2, 0.25) is 0 Å². The SMILES string of the molecule is CC(C1CC1)N(C)CCNCCCN(C)C. The molecular formula is C13H29N3. The van der Waals surface area contributed by atoms with Crippen molar-refractivity contribution in [3.05, 3.63) is 0 Å². The van der Waals surface area contributed by atoms with Crippen molar-refractivity contribution in [2.45, 2.75) is 32.2 Å². The van der Waals surface area contributed by atoms with Crippen LogP contribution in [-0.2, 0) is 0 Å². The maximum atomic E-state index is 3.52. The first-order valence-corrected chi connectivity index (χ1v) is 6.67. The van der Waals surface area contributed by atoms with Gasteiger partial charge in [0.05, 0.1) is 0 Å². The van der Waals surface area contributed by atoms with Gasteiger partial charge in [0, 0.05) is 19.1 Å². The number of nitrogens with one attached hydrogen (secondary N) is 1. The zero-order chi connectivity index (χ0) is 12.0. The number of nitrogens with zero attached hydrogens (tertiary/aromatic N) is 2. The van der Waals surface area contributed by atoms with E-state index in [-0.39, 0.29) is 0 Å². The van der Waals surface area contributed by atoms with E-state index < -0.39 is 0 Å². The second kappa shape index (κ2) is 7.25. The summed E-state index contributed by atoms with van der Waals surface area (Å²) in [7, 11) is 6.51. The summed E-state index contributed by atoms with van der Waals surface area (Å²) in [5, 5.41) is 3.52. The smallest absolute Gasteiger partial charge is 0.0107 e. The molecule has 1 unspecified atom stereocenters. The van der Waals surface area contributed by atoms with E-state index in [0.717, 1.165) is 25.0 Å². The van der Waals surface area contributed by atoms with E-state index in [0.29, 0.717) is 0 Å². The number of likely N-dealkylation sites (N-methyl/N-ethyl adjacent to an activating group) is 1. The van der Waals surface area contributed by atoms with Gasteiger partial charge >= 0.3 is 0 Å². The van der Waals surface area contributed by atoms with E-state index in [1.165, 1.54) is 32.4 Å². The Morgan fingerprint density at radius 2 is 1.81 bits per heavy atom. The molecule has 0 aromatic carbocycles. The molecule has 0 aliphatic heterocycles. The van der Waals surface area contributed by atoms with E-state index in [4.69, 9.17) is 0 Å². The quantitative estimate of drug-likeness (QED) is 0.598. The van der Waals surface area contributed by atoms with Crippen LogP contribution >= 0.6 is 0 Å². The van der Waals surface area contributed by atoms with E-state index >= 15 is 0 Å². The van der Waals surface area contributed by atoms with Gasteiger partial charge in [-0.15, -0.1) is 0 Å². The van der Waals surface area contributed by atoms with Gasteiger partial charge < -0.3 is 15.1 Å². The highest BCUT2D eigenvalue weighted by Crippen LogP contribution is 2.34. The summed E-state index contributed by atoms with van der Waals surface area (Å²) >= 11 is 0. The van der Waals surface area contributed by atoms with Crippen LogP contribution in [0.15, 0.2) is 0 Å². The van der Waals surface area contributed by atoms with Crippen molar-refractivity contribution in [2.24, 2.45) is 5.92 Å². The zero-order valence-electron chi connectivity index (χ0n) is 11.5. The summed E-state index contributed by atoms with van der Waals surface area (Å²) < 4.78 is 0. The molecule has 3 nitrogen and oxygen atoms in total. The molecule has 0 aromatic rings. The fourth-order valence-electron chi connectivity index (χ4n) is 2.04. The van der Waals surface area contributed by atoms with Gasteiger partial charge in [0.1, 0.15) is 0 Å². The number of hydrogen-bond acceptors (Lipinski definition) is 3. The van der Waals surface area contributed by atoms with Crippen LogP contribution in [0.3, 0.4) is 0 Å². The van der Waals surface area contributed by atoms with Crippen molar-refractivity contribution in [2.75, 3.05) is 47.3 Å². The number of rotatable bonds is 9. The monoisotopic (exact) mass is 227 g/mol. The molecule has 1 aliphatic rings. The fourth-order valence-corrected chi connectivity index (χ4v) is 2.04. The fraction of sp³-hybridized carbons (Fsp3) is 1.00. The molecule has 0 amide bonds. The Hall–Kier alpha value is -0.120. The molecule has 0 heterocycles. The van der Waals surface area contributed by atoms with E-state index in [1.54, 1.807) is 0 Å². The molecule has 1 fully saturated rings. The predicted molar refractivity (Wildman–Crippen MR) is 70.9 cm³/mol. The average molecular weight is 227 g/mol. The van der Waals surface area contributed by atoms with Crippen molar-refractivity contribution in [1.82, 2.24) is 15.1 Å². The molecule has 0 radical (unpaired) electrons. The maximum Gasteiger partial charge on any atom is 0.0107 e. The molecular weight excluding hydrogens is 198 g/mol. The Bertz CT molecular complexity index is 178. The van der Waals surface area contributed by atoms with Crippen LogP contribution in [0.4, 0.5) is 0 Å². The Balaban J connectivity index is 1.90. The molecule has 1 saturated carbocycles. The van der Waals surface area contributed by atoms with Crippen LogP contribution in [0.25, 0.3) is 0 Å². The molecule has 1 aliphatic carbocycles.